The van der Waals surface area contributed by atoms with Crippen LogP contribution in [0.15, 0.2) is 54.6 Å². The lowest BCUT2D eigenvalue weighted by Crippen LogP contribution is -2.48. The van der Waals surface area contributed by atoms with Crippen LogP contribution in [-0.4, -0.2) is 38.6 Å². The van der Waals surface area contributed by atoms with Gasteiger partial charge in [-0.2, -0.15) is 0 Å². The number of carbonyl (C=O) groups excluding carboxylic acids is 1. The summed E-state index contributed by atoms with van der Waals surface area (Å²) in [7, 11) is 0. The van der Waals surface area contributed by atoms with Gasteiger partial charge in [-0.25, -0.2) is 9.59 Å². The summed E-state index contributed by atoms with van der Waals surface area (Å²) in [5, 5.41) is 27.3. The molecule has 0 aliphatic rings. The first kappa shape index (κ1) is 18.2. The Labute approximate surface area is 143 Å². The van der Waals surface area contributed by atoms with Gasteiger partial charge < -0.3 is 20.1 Å². The summed E-state index contributed by atoms with van der Waals surface area (Å²) < 4.78 is 5.56. The van der Waals surface area contributed by atoms with Crippen molar-refractivity contribution in [3.05, 3.63) is 65.7 Å². The van der Waals surface area contributed by atoms with E-state index in [4.69, 9.17) is 14.9 Å². The summed E-state index contributed by atoms with van der Waals surface area (Å²) in [6.45, 7) is 0.339. The summed E-state index contributed by atoms with van der Waals surface area (Å²) >= 11 is 0. The highest BCUT2D eigenvalue weighted by atomic mass is 16.5. The number of benzene rings is 2. The van der Waals surface area contributed by atoms with Crippen molar-refractivity contribution in [1.29, 1.82) is 0 Å². The van der Waals surface area contributed by atoms with Crippen LogP contribution >= 0.6 is 0 Å². The Morgan fingerprint density at radius 2 is 1.44 bits per heavy atom. The molecule has 0 amide bonds. The van der Waals surface area contributed by atoms with E-state index >= 15 is 0 Å². The Balaban J connectivity index is 2.02. The molecule has 25 heavy (non-hydrogen) atoms. The third-order valence-electron chi connectivity index (χ3n) is 3.55. The van der Waals surface area contributed by atoms with Crippen LogP contribution in [0.4, 0.5) is 0 Å². The van der Waals surface area contributed by atoms with E-state index < -0.39 is 29.7 Å². The monoisotopic (exact) mass is 344 g/mol. The van der Waals surface area contributed by atoms with Gasteiger partial charge in [0, 0.05) is 5.56 Å². The second-order valence-electron chi connectivity index (χ2n) is 5.37. The molecule has 7 nitrogen and oxygen atoms in total. The van der Waals surface area contributed by atoms with E-state index in [1.54, 1.807) is 0 Å². The molecule has 0 bridgehead atoms. The minimum Gasteiger partial charge on any atom is -0.489 e. The number of Topliss-reactive ketones (excluding diaryl/α,β-unsaturated/α-hetero) is 1. The van der Waals surface area contributed by atoms with Gasteiger partial charge >= 0.3 is 11.9 Å². The quantitative estimate of drug-likeness (QED) is 0.492. The van der Waals surface area contributed by atoms with Crippen molar-refractivity contribution < 1.29 is 34.4 Å². The Hall–Kier alpha value is -3.19. The van der Waals surface area contributed by atoms with Crippen LogP contribution in [0.25, 0.3) is 0 Å². The van der Waals surface area contributed by atoms with E-state index in [0.29, 0.717) is 12.4 Å². The first-order chi connectivity index (χ1) is 11.8. The lowest BCUT2D eigenvalue weighted by Gasteiger charge is -2.17. The maximum Gasteiger partial charge on any atom is 0.348 e. The van der Waals surface area contributed by atoms with E-state index in [-0.39, 0.29) is 5.56 Å². The van der Waals surface area contributed by atoms with Crippen LogP contribution in [-0.2, 0) is 16.2 Å². The lowest BCUT2D eigenvalue weighted by molar-refractivity contribution is -0.175. The van der Waals surface area contributed by atoms with Gasteiger partial charge in [-0.15, -0.1) is 0 Å². The lowest BCUT2D eigenvalue weighted by atomic mass is 9.94. The Bertz CT molecular complexity index is 752. The number of rotatable bonds is 8. The maximum atomic E-state index is 12.0. The largest absolute Gasteiger partial charge is 0.489 e. The van der Waals surface area contributed by atoms with Gasteiger partial charge in [-0.1, -0.05) is 30.3 Å². The number of carbonyl (C=O) groups is 3. The highest BCUT2D eigenvalue weighted by Gasteiger charge is 2.46. The number of carboxylic acids is 2. The van der Waals surface area contributed by atoms with Gasteiger partial charge in [-0.3, -0.25) is 4.79 Å². The molecule has 0 saturated heterocycles. The van der Waals surface area contributed by atoms with Gasteiger partial charge in [0.15, 0.2) is 5.78 Å². The Morgan fingerprint density at radius 3 is 1.96 bits per heavy atom. The average Bonchev–Trinajstić information content (AvgIpc) is 2.60. The van der Waals surface area contributed by atoms with Crippen molar-refractivity contribution >= 4 is 17.7 Å². The van der Waals surface area contributed by atoms with E-state index in [2.05, 4.69) is 0 Å². The molecule has 2 aromatic rings. The number of ether oxygens (including phenoxy) is 1. The van der Waals surface area contributed by atoms with Crippen LogP contribution in [0.5, 0.6) is 5.75 Å². The van der Waals surface area contributed by atoms with Crippen LogP contribution in [0.3, 0.4) is 0 Å². The van der Waals surface area contributed by atoms with Crippen molar-refractivity contribution in [2.24, 2.45) is 0 Å². The summed E-state index contributed by atoms with van der Waals surface area (Å²) in [4.78, 5) is 33.8. The summed E-state index contributed by atoms with van der Waals surface area (Å²) in [5.74, 6) is -4.29. The number of hydrogen-bond donors (Lipinski definition) is 3. The molecule has 0 aromatic heterocycles. The van der Waals surface area contributed by atoms with Crippen LogP contribution in [0, 0.1) is 0 Å². The predicted molar refractivity (Wildman–Crippen MR) is 86.4 cm³/mol. The summed E-state index contributed by atoms with van der Waals surface area (Å²) in [6.07, 6.45) is -1.07. The molecule has 0 aliphatic heterocycles. The fourth-order valence-corrected chi connectivity index (χ4v) is 2.06. The molecular weight excluding hydrogens is 328 g/mol. The number of aliphatic carboxylic acids is 2. The van der Waals surface area contributed by atoms with E-state index in [1.807, 2.05) is 30.3 Å². The molecule has 0 radical (unpaired) electrons. The average molecular weight is 344 g/mol. The molecule has 0 unspecified atom stereocenters. The molecule has 130 valence electrons. The SMILES string of the molecule is O=C(CC(O)(C(=O)O)C(=O)O)c1ccc(OCc2ccccc2)cc1. The Kier molecular flexibility index (Phi) is 5.51. The molecule has 0 heterocycles. The van der Waals surface area contributed by atoms with Crippen LogP contribution in [0.2, 0.25) is 0 Å². The highest BCUT2D eigenvalue weighted by Crippen LogP contribution is 2.19. The molecule has 0 atom stereocenters. The molecular formula is C18H16O7. The van der Waals surface area contributed by atoms with E-state index in [9.17, 15) is 19.5 Å². The highest BCUT2D eigenvalue weighted by molar-refractivity contribution is 6.08. The normalized spacial score (nSPS) is 10.9. The summed E-state index contributed by atoms with van der Waals surface area (Å²) in [6, 6.07) is 15.2. The summed E-state index contributed by atoms with van der Waals surface area (Å²) in [5.41, 5.74) is -2.11. The molecule has 3 N–H and O–H groups in total. The van der Waals surface area contributed by atoms with Gasteiger partial charge in [0.05, 0.1) is 6.42 Å². The minimum atomic E-state index is -3.15. The van der Waals surface area contributed by atoms with Crippen molar-refractivity contribution in [3.8, 4) is 5.75 Å². The van der Waals surface area contributed by atoms with Crippen molar-refractivity contribution in [1.82, 2.24) is 0 Å². The van der Waals surface area contributed by atoms with Crippen molar-refractivity contribution in [2.45, 2.75) is 18.6 Å². The third-order valence-corrected chi connectivity index (χ3v) is 3.55. The van der Waals surface area contributed by atoms with Crippen molar-refractivity contribution in [3.63, 3.8) is 0 Å². The van der Waals surface area contributed by atoms with Crippen LogP contribution in [0.1, 0.15) is 22.3 Å². The number of carboxylic acid groups (broad SMARTS) is 2. The maximum absolute atomic E-state index is 12.0. The number of ketones is 1. The second-order valence-corrected chi connectivity index (χ2v) is 5.37. The zero-order valence-corrected chi connectivity index (χ0v) is 13.1. The fraction of sp³-hybridized carbons (Fsp3) is 0.167. The molecule has 7 heteroatoms. The molecule has 0 fully saturated rings. The minimum absolute atomic E-state index is 0.0768. The molecule has 2 rings (SSSR count). The second kappa shape index (κ2) is 7.59. The number of aliphatic hydroxyl groups is 1. The van der Waals surface area contributed by atoms with E-state index in [0.717, 1.165) is 5.56 Å². The number of hydrogen-bond acceptors (Lipinski definition) is 5. The van der Waals surface area contributed by atoms with Crippen LogP contribution < -0.4 is 4.74 Å². The third kappa shape index (κ3) is 4.42. The topological polar surface area (TPSA) is 121 Å². The van der Waals surface area contributed by atoms with Gasteiger partial charge in [0.2, 0.25) is 0 Å². The smallest absolute Gasteiger partial charge is 0.348 e. The van der Waals surface area contributed by atoms with Gasteiger partial charge in [0.1, 0.15) is 12.4 Å². The first-order valence-corrected chi connectivity index (χ1v) is 7.32. The van der Waals surface area contributed by atoms with Crippen molar-refractivity contribution in [2.75, 3.05) is 0 Å². The molecule has 0 saturated carbocycles. The van der Waals surface area contributed by atoms with Gasteiger partial charge in [0.25, 0.3) is 5.60 Å². The fourth-order valence-electron chi connectivity index (χ4n) is 2.06. The standard InChI is InChI=1S/C18H16O7/c19-15(10-18(24,16(20)21)17(22)23)13-6-8-14(9-7-13)25-11-12-4-2-1-3-5-12/h1-9,24H,10-11H2,(H,20,21)(H,22,23). The van der Waals surface area contributed by atoms with E-state index in [1.165, 1.54) is 24.3 Å². The molecule has 0 spiro atoms. The predicted octanol–water partition coefficient (Wildman–Crippen LogP) is 1.74. The zero-order chi connectivity index (χ0) is 18.4. The molecule has 0 aliphatic carbocycles. The Morgan fingerprint density at radius 1 is 0.880 bits per heavy atom. The first-order valence-electron chi connectivity index (χ1n) is 7.32. The zero-order valence-electron chi connectivity index (χ0n) is 13.1. The van der Waals surface area contributed by atoms with Gasteiger partial charge in [-0.05, 0) is 29.8 Å². The molecule has 2 aromatic carbocycles.